The van der Waals surface area contributed by atoms with Gasteiger partial charge in [0.25, 0.3) is 5.56 Å². The number of amides is 1. The van der Waals surface area contributed by atoms with E-state index in [0.29, 0.717) is 10.2 Å². The van der Waals surface area contributed by atoms with E-state index in [1.807, 2.05) is 0 Å². The maximum atomic E-state index is 12.1. The first-order chi connectivity index (χ1) is 9.26. The average Bonchev–Trinajstić information content (AvgIpc) is 2.75. The van der Waals surface area contributed by atoms with Gasteiger partial charge in [0, 0.05) is 7.05 Å². The third kappa shape index (κ3) is 3.35. The highest BCUT2D eigenvalue weighted by atomic mass is 32.1. The van der Waals surface area contributed by atoms with Crippen LogP contribution in [0.3, 0.4) is 0 Å². The Morgan fingerprint density at radius 3 is 2.85 bits per heavy atom. The molecule has 0 spiro atoms. The zero-order valence-corrected chi connectivity index (χ0v) is 11.1. The third-order valence-electron chi connectivity index (χ3n) is 2.53. The molecule has 0 aliphatic heterocycles. The standard InChI is InChI=1S/C11H10F3N3O2S/c1-17(8(18)4-11(12,13)14)5-7-15-6-2-3-20-9(6)10(19)16-7/h2-3H,4-5H2,1H3,(H,15,16,19). The number of thiophene rings is 1. The Morgan fingerprint density at radius 1 is 1.50 bits per heavy atom. The molecule has 0 aromatic carbocycles. The van der Waals surface area contributed by atoms with Crippen LogP contribution in [0.1, 0.15) is 12.2 Å². The van der Waals surface area contributed by atoms with Crippen LogP contribution in [0, 0.1) is 0 Å². The summed E-state index contributed by atoms with van der Waals surface area (Å²) in [4.78, 5) is 30.4. The van der Waals surface area contributed by atoms with Gasteiger partial charge in [-0.15, -0.1) is 11.3 Å². The summed E-state index contributed by atoms with van der Waals surface area (Å²) >= 11 is 1.22. The monoisotopic (exact) mass is 305 g/mol. The lowest BCUT2D eigenvalue weighted by molar-refractivity contribution is -0.160. The molecular formula is C11H10F3N3O2S. The molecule has 2 rings (SSSR count). The molecule has 2 aromatic rings. The normalized spacial score (nSPS) is 11.8. The summed E-state index contributed by atoms with van der Waals surface area (Å²) in [7, 11) is 1.23. The van der Waals surface area contributed by atoms with Gasteiger partial charge < -0.3 is 9.88 Å². The largest absolute Gasteiger partial charge is 0.397 e. The molecule has 9 heteroatoms. The van der Waals surface area contributed by atoms with Gasteiger partial charge in [0.2, 0.25) is 5.91 Å². The molecular weight excluding hydrogens is 295 g/mol. The Balaban J connectivity index is 2.15. The van der Waals surface area contributed by atoms with E-state index in [0.717, 1.165) is 4.90 Å². The number of nitrogens with zero attached hydrogens (tertiary/aromatic N) is 2. The number of fused-ring (bicyclic) bond motifs is 1. The number of nitrogens with one attached hydrogen (secondary N) is 1. The van der Waals surface area contributed by atoms with Crippen molar-refractivity contribution in [3.63, 3.8) is 0 Å². The van der Waals surface area contributed by atoms with Gasteiger partial charge in [-0.2, -0.15) is 13.2 Å². The van der Waals surface area contributed by atoms with Crippen molar-refractivity contribution in [1.82, 2.24) is 14.9 Å². The highest BCUT2D eigenvalue weighted by Gasteiger charge is 2.32. The molecule has 0 aliphatic rings. The van der Waals surface area contributed by atoms with Crippen LogP contribution in [0.5, 0.6) is 0 Å². The van der Waals surface area contributed by atoms with Gasteiger partial charge in [-0.05, 0) is 11.4 Å². The van der Waals surface area contributed by atoms with Gasteiger partial charge >= 0.3 is 6.18 Å². The van der Waals surface area contributed by atoms with Gasteiger partial charge in [0.05, 0.1) is 12.1 Å². The van der Waals surface area contributed by atoms with Gasteiger partial charge in [-0.1, -0.05) is 0 Å². The minimum absolute atomic E-state index is 0.152. The Labute approximate surface area is 115 Å². The van der Waals surface area contributed by atoms with E-state index in [1.54, 1.807) is 11.4 Å². The number of alkyl halides is 3. The van der Waals surface area contributed by atoms with E-state index < -0.39 is 18.5 Å². The predicted octanol–water partition coefficient (Wildman–Crippen LogP) is 1.90. The molecule has 0 bridgehead atoms. The minimum Gasteiger partial charge on any atom is -0.338 e. The quantitative estimate of drug-likeness (QED) is 0.942. The minimum atomic E-state index is -4.55. The summed E-state index contributed by atoms with van der Waals surface area (Å²) in [6, 6.07) is 1.64. The van der Waals surface area contributed by atoms with E-state index in [9.17, 15) is 22.8 Å². The number of aromatic nitrogens is 2. The first kappa shape index (κ1) is 14.5. The Kier molecular flexibility index (Phi) is 3.80. The molecule has 0 fully saturated rings. The number of halogens is 3. The Hall–Kier alpha value is -1.90. The molecule has 0 saturated heterocycles. The zero-order chi connectivity index (χ0) is 14.9. The molecule has 20 heavy (non-hydrogen) atoms. The van der Waals surface area contributed by atoms with Gasteiger partial charge in [0.1, 0.15) is 16.9 Å². The molecule has 2 heterocycles. The van der Waals surface area contributed by atoms with Crippen LogP contribution >= 0.6 is 11.3 Å². The van der Waals surface area contributed by atoms with E-state index in [4.69, 9.17) is 0 Å². The van der Waals surface area contributed by atoms with Crippen molar-refractivity contribution in [2.24, 2.45) is 0 Å². The van der Waals surface area contributed by atoms with Crippen molar-refractivity contribution in [3.05, 3.63) is 27.6 Å². The maximum Gasteiger partial charge on any atom is 0.397 e. The fourth-order valence-electron chi connectivity index (χ4n) is 1.62. The van der Waals surface area contributed by atoms with Crippen LogP contribution in [-0.4, -0.2) is 34.0 Å². The van der Waals surface area contributed by atoms with Crippen LogP contribution in [-0.2, 0) is 11.3 Å². The van der Waals surface area contributed by atoms with Crippen LogP contribution in [0.15, 0.2) is 16.2 Å². The van der Waals surface area contributed by atoms with Crippen LogP contribution in [0.25, 0.3) is 10.2 Å². The summed E-state index contributed by atoms with van der Waals surface area (Å²) in [5, 5.41) is 1.69. The molecule has 1 N–H and O–H groups in total. The number of carbonyl (C=O) groups is 1. The molecule has 0 unspecified atom stereocenters. The third-order valence-corrected chi connectivity index (χ3v) is 3.43. The molecule has 1 amide bonds. The molecule has 2 aromatic heterocycles. The van der Waals surface area contributed by atoms with Crippen molar-refractivity contribution in [2.75, 3.05) is 7.05 Å². The maximum absolute atomic E-state index is 12.1. The second-order valence-electron chi connectivity index (χ2n) is 4.19. The molecule has 5 nitrogen and oxygen atoms in total. The fourth-order valence-corrected chi connectivity index (χ4v) is 2.34. The van der Waals surface area contributed by atoms with Gasteiger partial charge in [-0.3, -0.25) is 9.59 Å². The van der Waals surface area contributed by atoms with Gasteiger partial charge in [0.15, 0.2) is 0 Å². The number of carbonyl (C=O) groups excluding carboxylic acids is 1. The summed E-state index contributed by atoms with van der Waals surface area (Å²) in [6.45, 7) is -0.185. The lowest BCUT2D eigenvalue weighted by atomic mass is 10.3. The summed E-state index contributed by atoms with van der Waals surface area (Å²) < 4.78 is 36.8. The summed E-state index contributed by atoms with van der Waals surface area (Å²) in [5.41, 5.74) is 0.0992. The van der Waals surface area contributed by atoms with E-state index in [1.165, 1.54) is 18.4 Å². The summed E-state index contributed by atoms with van der Waals surface area (Å²) in [6.07, 6.45) is -6.09. The van der Waals surface area contributed by atoms with Crippen LogP contribution in [0.2, 0.25) is 0 Å². The van der Waals surface area contributed by atoms with E-state index in [-0.39, 0.29) is 17.9 Å². The molecule has 0 atom stereocenters. The fraction of sp³-hybridized carbons (Fsp3) is 0.364. The van der Waals surface area contributed by atoms with Crippen molar-refractivity contribution in [3.8, 4) is 0 Å². The number of aromatic amines is 1. The number of H-pyrrole nitrogens is 1. The molecule has 0 saturated carbocycles. The Morgan fingerprint density at radius 2 is 2.20 bits per heavy atom. The molecule has 0 radical (unpaired) electrons. The SMILES string of the molecule is CN(Cc1nc2ccsc2c(=O)[nH]1)C(=O)CC(F)(F)F. The first-order valence-corrected chi connectivity index (χ1v) is 6.41. The number of hydrogen-bond acceptors (Lipinski definition) is 4. The second kappa shape index (κ2) is 5.23. The van der Waals surface area contributed by atoms with Crippen molar-refractivity contribution in [2.45, 2.75) is 19.1 Å². The van der Waals surface area contributed by atoms with E-state index >= 15 is 0 Å². The zero-order valence-electron chi connectivity index (χ0n) is 10.3. The highest BCUT2D eigenvalue weighted by Crippen LogP contribution is 2.20. The van der Waals surface area contributed by atoms with Crippen LogP contribution in [0.4, 0.5) is 13.2 Å². The van der Waals surface area contributed by atoms with Crippen LogP contribution < -0.4 is 5.56 Å². The predicted molar refractivity (Wildman–Crippen MR) is 67.4 cm³/mol. The number of rotatable bonds is 3. The van der Waals surface area contributed by atoms with Crippen molar-refractivity contribution >= 4 is 27.5 Å². The molecule has 0 aliphatic carbocycles. The smallest absolute Gasteiger partial charge is 0.338 e. The van der Waals surface area contributed by atoms with E-state index in [2.05, 4.69) is 9.97 Å². The number of hydrogen-bond donors (Lipinski definition) is 1. The average molecular weight is 305 g/mol. The molecule has 108 valence electrons. The summed E-state index contributed by atoms with van der Waals surface area (Å²) in [5.74, 6) is -0.926. The first-order valence-electron chi connectivity index (χ1n) is 5.53. The topological polar surface area (TPSA) is 66.1 Å². The highest BCUT2D eigenvalue weighted by molar-refractivity contribution is 7.17. The Bertz CT molecular complexity index is 692. The van der Waals surface area contributed by atoms with Crippen molar-refractivity contribution < 1.29 is 18.0 Å². The lowest BCUT2D eigenvalue weighted by Gasteiger charge is -2.17. The van der Waals surface area contributed by atoms with Gasteiger partial charge in [-0.25, -0.2) is 4.98 Å². The van der Waals surface area contributed by atoms with Crippen molar-refractivity contribution in [1.29, 1.82) is 0 Å². The lowest BCUT2D eigenvalue weighted by Crippen LogP contribution is -2.31. The second-order valence-corrected chi connectivity index (χ2v) is 5.11.